The molecule has 156 valence electrons. The van der Waals surface area contributed by atoms with Crippen LogP contribution in [0, 0.1) is 13.8 Å². The molecule has 31 heavy (non-hydrogen) atoms. The number of aryl methyl sites for hydroxylation is 2. The van der Waals surface area contributed by atoms with E-state index in [1.807, 2.05) is 69.3 Å². The van der Waals surface area contributed by atoms with E-state index in [1.54, 1.807) is 18.2 Å². The summed E-state index contributed by atoms with van der Waals surface area (Å²) in [6.45, 7) is 6.29. The number of carbonyl (C=O) groups is 2. The minimum Gasteiger partial charge on any atom is -0.492 e. The van der Waals surface area contributed by atoms with Crippen LogP contribution in [-0.4, -0.2) is 18.4 Å². The number of para-hydroxylation sites is 2. The molecule has 0 bridgehead atoms. The zero-order valence-corrected chi connectivity index (χ0v) is 17.8. The highest BCUT2D eigenvalue weighted by Crippen LogP contribution is 2.37. The topological polar surface area (TPSA) is 58.6 Å². The fourth-order valence-corrected chi connectivity index (χ4v) is 3.85. The van der Waals surface area contributed by atoms with Gasteiger partial charge < -0.3 is 10.1 Å². The summed E-state index contributed by atoms with van der Waals surface area (Å²) in [4.78, 5) is 28.3. The molecule has 1 aliphatic heterocycles. The Balaban J connectivity index is 1.83. The minimum atomic E-state index is -0.407. The lowest BCUT2D eigenvalue weighted by Gasteiger charge is -2.19. The van der Waals surface area contributed by atoms with Crippen LogP contribution >= 0.6 is 0 Å². The third-order valence-electron chi connectivity index (χ3n) is 5.04. The van der Waals surface area contributed by atoms with Gasteiger partial charge in [0.05, 0.1) is 17.9 Å². The Morgan fingerprint density at radius 1 is 0.839 bits per heavy atom. The SMILES string of the molecule is CCOc1ccccc1N1C(=O)C(Nc2cc(C)cc(C)c2)=C(c2ccccc2)C1=O. The maximum Gasteiger partial charge on any atom is 0.282 e. The maximum atomic E-state index is 13.6. The first-order valence-corrected chi connectivity index (χ1v) is 10.2. The summed E-state index contributed by atoms with van der Waals surface area (Å²) in [6.07, 6.45) is 0. The number of nitrogens with zero attached hydrogens (tertiary/aromatic N) is 1. The number of hydrogen-bond donors (Lipinski definition) is 1. The highest BCUT2D eigenvalue weighted by atomic mass is 16.5. The number of ether oxygens (including phenoxy) is 1. The standard InChI is InChI=1S/C26H24N2O3/c1-4-31-22-13-9-8-12-21(22)28-25(29)23(19-10-6-5-7-11-19)24(26(28)30)27-20-15-17(2)14-18(3)16-20/h5-16,27H,4H2,1-3H3. The highest BCUT2D eigenvalue weighted by Gasteiger charge is 2.41. The number of benzene rings is 3. The predicted molar refractivity (Wildman–Crippen MR) is 123 cm³/mol. The molecule has 0 aromatic heterocycles. The summed E-state index contributed by atoms with van der Waals surface area (Å²) in [5, 5.41) is 3.23. The second-order valence-electron chi connectivity index (χ2n) is 7.46. The quantitative estimate of drug-likeness (QED) is 0.573. The molecular weight excluding hydrogens is 388 g/mol. The normalized spacial score (nSPS) is 13.7. The van der Waals surface area contributed by atoms with Crippen molar-refractivity contribution >= 4 is 28.8 Å². The molecule has 4 rings (SSSR count). The van der Waals surface area contributed by atoms with Crippen molar-refractivity contribution < 1.29 is 14.3 Å². The summed E-state index contributed by atoms with van der Waals surface area (Å²) in [5.74, 6) is -0.294. The second-order valence-corrected chi connectivity index (χ2v) is 7.46. The highest BCUT2D eigenvalue weighted by molar-refractivity contribution is 6.46. The number of anilines is 2. The molecular formula is C26H24N2O3. The molecule has 5 heteroatoms. The van der Waals surface area contributed by atoms with Gasteiger partial charge in [-0.2, -0.15) is 0 Å². The van der Waals surface area contributed by atoms with Crippen LogP contribution in [0.2, 0.25) is 0 Å². The lowest BCUT2D eigenvalue weighted by Crippen LogP contribution is -2.32. The van der Waals surface area contributed by atoms with Gasteiger partial charge in [0.2, 0.25) is 0 Å². The van der Waals surface area contributed by atoms with Gasteiger partial charge in [-0.1, -0.05) is 48.5 Å². The summed E-state index contributed by atoms with van der Waals surface area (Å²) >= 11 is 0. The Morgan fingerprint density at radius 3 is 2.16 bits per heavy atom. The number of hydrogen-bond acceptors (Lipinski definition) is 4. The van der Waals surface area contributed by atoms with Crippen molar-refractivity contribution in [1.82, 2.24) is 0 Å². The van der Waals surface area contributed by atoms with Crippen LogP contribution in [-0.2, 0) is 9.59 Å². The van der Waals surface area contributed by atoms with Gasteiger partial charge in [0.25, 0.3) is 11.8 Å². The van der Waals surface area contributed by atoms with Crippen LogP contribution in [0.4, 0.5) is 11.4 Å². The zero-order valence-electron chi connectivity index (χ0n) is 17.8. The van der Waals surface area contributed by atoms with Crippen LogP contribution in [0.1, 0.15) is 23.6 Å². The van der Waals surface area contributed by atoms with Crippen molar-refractivity contribution in [3.8, 4) is 5.75 Å². The molecule has 0 spiro atoms. The van der Waals surface area contributed by atoms with E-state index >= 15 is 0 Å². The van der Waals surface area contributed by atoms with E-state index in [4.69, 9.17) is 4.74 Å². The van der Waals surface area contributed by atoms with E-state index in [1.165, 1.54) is 4.90 Å². The van der Waals surface area contributed by atoms with Gasteiger partial charge in [-0.05, 0) is 61.7 Å². The van der Waals surface area contributed by atoms with Crippen molar-refractivity contribution in [2.24, 2.45) is 0 Å². The Bertz CT molecular complexity index is 1160. The van der Waals surface area contributed by atoms with Gasteiger partial charge in [-0.25, -0.2) is 4.90 Å². The molecule has 1 aliphatic rings. The van der Waals surface area contributed by atoms with E-state index in [0.717, 1.165) is 16.8 Å². The number of amides is 2. The molecule has 1 N–H and O–H groups in total. The number of carbonyl (C=O) groups excluding carboxylic acids is 2. The Hall–Kier alpha value is -3.86. The van der Waals surface area contributed by atoms with Crippen LogP contribution < -0.4 is 15.0 Å². The first-order chi connectivity index (χ1) is 15.0. The minimum absolute atomic E-state index is 0.257. The van der Waals surface area contributed by atoms with E-state index in [-0.39, 0.29) is 11.6 Å². The molecule has 0 aliphatic carbocycles. The van der Waals surface area contributed by atoms with Crippen LogP contribution in [0.15, 0.2) is 78.5 Å². The fraction of sp³-hybridized carbons (Fsp3) is 0.154. The monoisotopic (exact) mass is 412 g/mol. The summed E-state index contributed by atoms with van der Waals surface area (Å²) in [7, 11) is 0. The van der Waals surface area contributed by atoms with Gasteiger partial charge in [0.15, 0.2) is 0 Å². The predicted octanol–water partition coefficient (Wildman–Crippen LogP) is 5.10. The molecule has 0 unspecified atom stereocenters. The molecule has 0 saturated heterocycles. The van der Waals surface area contributed by atoms with E-state index < -0.39 is 5.91 Å². The van der Waals surface area contributed by atoms with Gasteiger partial charge >= 0.3 is 0 Å². The molecule has 0 fully saturated rings. The van der Waals surface area contributed by atoms with Crippen molar-refractivity contribution in [3.05, 3.63) is 95.2 Å². The van der Waals surface area contributed by atoms with Gasteiger partial charge in [-0.15, -0.1) is 0 Å². The van der Waals surface area contributed by atoms with Crippen LogP contribution in [0.3, 0.4) is 0 Å². The van der Waals surface area contributed by atoms with E-state index in [0.29, 0.717) is 29.2 Å². The molecule has 2 amide bonds. The van der Waals surface area contributed by atoms with Crippen LogP contribution in [0.25, 0.3) is 5.57 Å². The van der Waals surface area contributed by atoms with Gasteiger partial charge in [0, 0.05) is 5.69 Å². The molecule has 3 aromatic rings. The largest absolute Gasteiger partial charge is 0.492 e. The number of rotatable bonds is 6. The fourth-order valence-electron chi connectivity index (χ4n) is 3.85. The van der Waals surface area contributed by atoms with Crippen molar-refractivity contribution in [1.29, 1.82) is 0 Å². The summed E-state index contributed by atoms with van der Waals surface area (Å²) < 4.78 is 5.69. The lowest BCUT2D eigenvalue weighted by atomic mass is 10.0. The number of imide groups is 1. The number of nitrogens with one attached hydrogen (secondary N) is 1. The van der Waals surface area contributed by atoms with Crippen LogP contribution in [0.5, 0.6) is 5.75 Å². The summed E-state index contributed by atoms with van der Waals surface area (Å²) in [5.41, 5.74) is 4.62. The van der Waals surface area contributed by atoms with Crippen molar-refractivity contribution in [2.75, 3.05) is 16.8 Å². The first kappa shape index (κ1) is 20.4. The maximum absolute atomic E-state index is 13.6. The first-order valence-electron chi connectivity index (χ1n) is 10.2. The molecule has 0 atom stereocenters. The third-order valence-corrected chi connectivity index (χ3v) is 5.04. The van der Waals surface area contributed by atoms with Crippen molar-refractivity contribution in [2.45, 2.75) is 20.8 Å². The average molecular weight is 412 g/mol. The van der Waals surface area contributed by atoms with Gasteiger partial charge in [-0.3, -0.25) is 9.59 Å². The lowest BCUT2D eigenvalue weighted by molar-refractivity contribution is -0.120. The third kappa shape index (κ3) is 3.94. The Labute approximate surface area is 182 Å². The Morgan fingerprint density at radius 2 is 1.48 bits per heavy atom. The smallest absolute Gasteiger partial charge is 0.282 e. The van der Waals surface area contributed by atoms with E-state index in [2.05, 4.69) is 11.4 Å². The molecule has 3 aromatic carbocycles. The Kier molecular flexibility index (Phi) is 5.58. The molecule has 0 radical (unpaired) electrons. The van der Waals surface area contributed by atoms with Gasteiger partial charge in [0.1, 0.15) is 11.4 Å². The molecule has 1 heterocycles. The molecule has 0 saturated carbocycles. The molecule has 5 nitrogen and oxygen atoms in total. The second kappa shape index (κ2) is 8.48. The van der Waals surface area contributed by atoms with Crippen molar-refractivity contribution in [3.63, 3.8) is 0 Å². The zero-order chi connectivity index (χ0) is 22.0. The van der Waals surface area contributed by atoms with E-state index in [9.17, 15) is 9.59 Å². The average Bonchev–Trinajstić information content (AvgIpc) is 2.98. The summed E-state index contributed by atoms with van der Waals surface area (Å²) in [6, 6.07) is 22.3.